The van der Waals surface area contributed by atoms with E-state index in [2.05, 4.69) is 28.9 Å². The molecule has 1 unspecified atom stereocenters. The summed E-state index contributed by atoms with van der Waals surface area (Å²) in [7, 11) is 1.94. The number of hydrogen-bond acceptors (Lipinski definition) is 2. The fraction of sp³-hybridized carbons (Fsp3) is 0.294. The average molecular weight is 351 g/mol. The molecule has 0 radical (unpaired) electrons. The van der Waals surface area contributed by atoms with Gasteiger partial charge in [0.05, 0.1) is 0 Å². The van der Waals surface area contributed by atoms with Gasteiger partial charge in [-0.1, -0.05) is 35.0 Å². The number of nitrogens with zero attached hydrogens (tertiary/aromatic N) is 1. The van der Waals surface area contributed by atoms with Crippen molar-refractivity contribution >= 4 is 27.3 Å². The van der Waals surface area contributed by atoms with Gasteiger partial charge in [0.15, 0.2) is 0 Å². The van der Waals surface area contributed by atoms with Crippen LogP contribution in [-0.4, -0.2) is 13.1 Å². The lowest BCUT2D eigenvalue weighted by molar-refractivity contribution is 0.627. The quantitative estimate of drug-likeness (QED) is 0.851. The van der Waals surface area contributed by atoms with E-state index >= 15 is 0 Å². The maximum Gasteiger partial charge on any atom is 0.125 e. The van der Waals surface area contributed by atoms with Crippen molar-refractivity contribution in [1.82, 2.24) is 0 Å². The third-order valence-corrected chi connectivity index (χ3v) is 4.10. The zero-order valence-corrected chi connectivity index (χ0v) is 13.9. The Kier molecular flexibility index (Phi) is 5.37. The Hall–Kier alpha value is -1.39. The molecule has 2 nitrogen and oxygen atoms in total. The van der Waals surface area contributed by atoms with Gasteiger partial charge in [0.2, 0.25) is 0 Å². The predicted molar refractivity (Wildman–Crippen MR) is 90.6 cm³/mol. The monoisotopic (exact) mass is 350 g/mol. The van der Waals surface area contributed by atoms with Gasteiger partial charge in [-0.2, -0.15) is 0 Å². The Morgan fingerprint density at radius 1 is 1.24 bits per heavy atom. The van der Waals surface area contributed by atoms with Crippen molar-refractivity contribution in [1.29, 1.82) is 0 Å². The van der Waals surface area contributed by atoms with Crippen molar-refractivity contribution < 1.29 is 4.39 Å². The van der Waals surface area contributed by atoms with Crippen LogP contribution in [0.15, 0.2) is 46.9 Å². The summed E-state index contributed by atoms with van der Waals surface area (Å²) in [5.74, 6) is -0.235. The van der Waals surface area contributed by atoms with E-state index in [1.807, 2.05) is 30.1 Å². The minimum absolute atomic E-state index is 0.130. The Morgan fingerprint density at radius 3 is 2.67 bits per heavy atom. The molecular formula is C17H20BrFN2. The van der Waals surface area contributed by atoms with Gasteiger partial charge in [-0.25, -0.2) is 4.39 Å². The van der Waals surface area contributed by atoms with Crippen LogP contribution in [0.4, 0.5) is 15.8 Å². The molecule has 2 aromatic carbocycles. The van der Waals surface area contributed by atoms with E-state index in [4.69, 9.17) is 5.73 Å². The third kappa shape index (κ3) is 4.05. The molecule has 2 N–H and O–H groups in total. The molecule has 0 saturated heterocycles. The predicted octanol–water partition coefficient (Wildman–Crippen LogP) is 4.64. The lowest BCUT2D eigenvalue weighted by Crippen LogP contribution is -2.23. The van der Waals surface area contributed by atoms with Gasteiger partial charge >= 0.3 is 0 Å². The molecule has 0 saturated carbocycles. The van der Waals surface area contributed by atoms with Crippen LogP contribution >= 0.6 is 15.9 Å². The summed E-state index contributed by atoms with van der Waals surface area (Å²) < 4.78 is 14.4. The van der Waals surface area contributed by atoms with E-state index in [0.717, 1.165) is 28.7 Å². The topological polar surface area (TPSA) is 29.3 Å². The number of benzene rings is 2. The molecule has 0 fully saturated rings. The number of rotatable bonds is 5. The summed E-state index contributed by atoms with van der Waals surface area (Å²) in [5.41, 5.74) is 9.11. The van der Waals surface area contributed by atoms with Crippen LogP contribution in [0, 0.1) is 5.82 Å². The van der Waals surface area contributed by atoms with Crippen molar-refractivity contribution in [2.75, 3.05) is 11.9 Å². The van der Waals surface area contributed by atoms with Gasteiger partial charge < -0.3 is 10.6 Å². The van der Waals surface area contributed by atoms with Gasteiger partial charge in [-0.3, -0.25) is 0 Å². The second kappa shape index (κ2) is 7.05. The number of nitrogens with two attached hydrogens (primary N) is 1. The lowest BCUT2D eigenvalue weighted by atomic mass is 10.0. The molecule has 2 rings (SSSR count). The molecule has 0 aromatic heterocycles. The molecule has 0 aliphatic carbocycles. The summed E-state index contributed by atoms with van der Waals surface area (Å²) in [5, 5.41) is 0. The van der Waals surface area contributed by atoms with E-state index in [0.29, 0.717) is 0 Å². The number of halogens is 2. The largest absolute Gasteiger partial charge is 0.344 e. The molecule has 2 aromatic rings. The highest BCUT2D eigenvalue weighted by atomic mass is 79.9. The second-order valence-corrected chi connectivity index (χ2v) is 6.10. The van der Waals surface area contributed by atoms with Crippen LogP contribution in [-0.2, 0) is 6.42 Å². The molecule has 0 aliphatic heterocycles. The average Bonchev–Trinajstić information content (AvgIpc) is 2.48. The van der Waals surface area contributed by atoms with E-state index in [1.54, 1.807) is 6.07 Å². The molecule has 0 amide bonds. The van der Waals surface area contributed by atoms with Crippen molar-refractivity contribution in [3.05, 3.63) is 58.3 Å². The van der Waals surface area contributed by atoms with E-state index in [1.165, 1.54) is 17.7 Å². The minimum atomic E-state index is -0.235. The van der Waals surface area contributed by atoms with Crippen LogP contribution in [0.1, 0.15) is 18.9 Å². The fourth-order valence-electron chi connectivity index (χ4n) is 2.27. The summed E-state index contributed by atoms with van der Waals surface area (Å²) >= 11 is 3.50. The molecule has 0 heterocycles. The minimum Gasteiger partial charge on any atom is -0.344 e. The first-order chi connectivity index (χ1) is 10.0. The molecule has 4 heteroatoms. The Labute approximate surface area is 133 Å². The first kappa shape index (κ1) is 16.0. The smallest absolute Gasteiger partial charge is 0.125 e. The second-order valence-electron chi connectivity index (χ2n) is 5.18. The third-order valence-electron chi connectivity index (χ3n) is 3.61. The number of anilines is 2. The molecule has 0 spiro atoms. The van der Waals surface area contributed by atoms with Gasteiger partial charge in [-0.05, 0) is 48.7 Å². The van der Waals surface area contributed by atoms with Crippen molar-refractivity contribution in [3.8, 4) is 0 Å². The van der Waals surface area contributed by atoms with Crippen molar-refractivity contribution in [2.45, 2.75) is 25.8 Å². The molecule has 112 valence electrons. The van der Waals surface area contributed by atoms with Crippen molar-refractivity contribution in [3.63, 3.8) is 0 Å². The zero-order valence-electron chi connectivity index (χ0n) is 12.3. The highest BCUT2D eigenvalue weighted by molar-refractivity contribution is 9.10. The van der Waals surface area contributed by atoms with E-state index in [9.17, 15) is 4.39 Å². The van der Waals surface area contributed by atoms with Crippen LogP contribution in [0.2, 0.25) is 0 Å². The fourth-order valence-corrected chi connectivity index (χ4v) is 2.62. The summed E-state index contributed by atoms with van der Waals surface area (Å²) in [6, 6.07) is 12.9. The van der Waals surface area contributed by atoms with Crippen LogP contribution in [0.25, 0.3) is 0 Å². The van der Waals surface area contributed by atoms with Gasteiger partial charge in [-0.15, -0.1) is 0 Å². The van der Waals surface area contributed by atoms with Gasteiger partial charge in [0.1, 0.15) is 5.82 Å². The highest BCUT2D eigenvalue weighted by Crippen LogP contribution is 2.31. The van der Waals surface area contributed by atoms with Crippen molar-refractivity contribution in [2.24, 2.45) is 5.73 Å². The SMILES string of the molecule is CCC(N)Cc1ccc(Br)cc1N(C)c1cccc(F)c1. The first-order valence-corrected chi connectivity index (χ1v) is 7.84. The number of hydrogen-bond donors (Lipinski definition) is 1. The summed E-state index contributed by atoms with van der Waals surface area (Å²) in [4.78, 5) is 1.99. The molecule has 21 heavy (non-hydrogen) atoms. The molecule has 1 atom stereocenters. The Morgan fingerprint density at radius 2 is 2.00 bits per heavy atom. The van der Waals surface area contributed by atoms with Gasteiger partial charge in [0, 0.05) is 28.9 Å². The maximum absolute atomic E-state index is 13.4. The molecule has 0 bridgehead atoms. The lowest BCUT2D eigenvalue weighted by Gasteiger charge is -2.24. The maximum atomic E-state index is 13.4. The van der Waals surface area contributed by atoms with Crippen LogP contribution < -0.4 is 10.6 Å². The van der Waals surface area contributed by atoms with E-state index < -0.39 is 0 Å². The summed E-state index contributed by atoms with van der Waals surface area (Å²) in [6.45, 7) is 2.08. The zero-order chi connectivity index (χ0) is 15.4. The first-order valence-electron chi connectivity index (χ1n) is 7.04. The standard InChI is InChI=1S/C17H20BrFN2/c1-3-15(20)9-12-7-8-13(18)10-17(12)21(2)16-6-4-5-14(19)11-16/h4-8,10-11,15H,3,9,20H2,1-2H3. The molecular weight excluding hydrogens is 331 g/mol. The molecule has 0 aliphatic rings. The Bertz CT molecular complexity index is 615. The highest BCUT2D eigenvalue weighted by Gasteiger charge is 2.13. The van der Waals surface area contributed by atoms with Crippen LogP contribution in [0.5, 0.6) is 0 Å². The Balaban J connectivity index is 2.39. The van der Waals surface area contributed by atoms with Crippen LogP contribution in [0.3, 0.4) is 0 Å². The summed E-state index contributed by atoms with van der Waals surface area (Å²) in [6.07, 6.45) is 1.73. The van der Waals surface area contributed by atoms with Gasteiger partial charge in [0.25, 0.3) is 0 Å². The van der Waals surface area contributed by atoms with E-state index in [-0.39, 0.29) is 11.9 Å². The normalized spacial score (nSPS) is 12.2.